The molecule has 11 nitrogen and oxygen atoms in total. The van der Waals surface area contributed by atoms with Crippen molar-refractivity contribution in [3.63, 3.8) is 0 Å². The number of rotatable bonds is 13. The number of nitrogens with zero attached hydrogens (tertiary/aromatic N) is 4. The summed E-state index contributed by atoms with van der Waals surface area (Å²) in [5.74, 6) is 0.509. The predicted octanol–water partition coefficient (Wildman–Crippen LogP) is 9.97. The summed E-state index contributed by atoms with van der Waals surface area (Å²) in [6, 6.07) is 20.4. The highest BCUT2D eigenvalue weighted by molar-refractivity contribution is 7.90. The van der Waals surface area contributed by atoms with Crippen molar-refractivity contribution in [3.05, 3.63) is 111 Å². The van der Waals surface area contributed by atoms with Crippen LogP contribution in [0.2, 0.25) is 10.0 Å². The lowest BCUT2D eigenvalue weighted by molar-refractivity contribution is -0.00912. The molecule has 3 aromatic carbocycles. The molecule has 334 valence electrons. The molecule has 0 atom stereocenters. The minimum Gasteiger partial charge on any atom is -0.476 e. The van der Waals surface area contributed by atoms with E-state index in [0.717, 1.165) is 106 Å². The molecular weight excluding hydrogens is 858 g/mol. The minimum atomic E-state index is -4.41. The van der Waals surface area contributed by atoms with Crippen LogP contribution in [0.15, 0.2) is 88.4 Å². The molecule has 0 bridgehead atoms. The molecule has 4 aromatic rings. The Balaban J connectivity index is 0.964. The smallest absolute Gasteiger partial charge is 0.268 e. The fraction of sp³-hybridized carbons (Fsp3) is 0.449. The Morgan fingerprint density at radius 2 is 1.71 bits per heavy atom. The van der Waals surface area contributed by atoms with Gasteiger partial charge in [0.05, 0.1) is 30.5 Å². The lowest BCUT2D eigenvalue weighted by atomic mass is 9.72. The van der Waals surface area contributed by atoms with Gasteiger partial charge < -0.3 is 19.5 Å². The van der Waals surface area contributed by atoms with Gasteiger partial charge >= 0.3 is 0 Å². The number of benzene rings is 3. The summed E-state index contributed by atoms with van der Waals surface area (Å²) in [6.07, 6.45) is 9.74. The third-order valence-corrected chi connectivity index (χ3v) is 15.0. The van der Waals surface area contributed by atoms with Crippen LogP contribution in [0.3, 0.4) is 0 Å². The summed E-state index contributed by atoms with van der Waals surface area (Å²) in [7, 11) is -4.41. The molecule has 14 heteroatoms. The zero-order valence-corrected chi connectivity index (χ0v) is 38.8. The molecule has 0 spiro atoms. The molecule has 0 radical (unpaired) electrons. The van der Waals surface area contributed by atoms with Gasteiger partial charge in [0.1, 0.15) is 21.4 Å². The Bertz CT molecular complexity index is 2500. The highest BCUT2D eigenvalue weighted by Crippen LogP contribution is 2.44. The first-order chi connectivity index (χ1) is 30.0. The van der Waals surface area contributed by atoms with Crippen LogP contribution >= 0.6 is 23.2 Å². The molecule has 1 saturated heterocycles. The molecule has 1 amide bonds. The summed E-state index contributed by atoms with van der Waals surface area (Å²) in [5, 5.41) is 11.1. The first-order valence-corrected chi connectivity index (χ1v) is 24.2. The number of halogens is 2. The fourth-order valence-corrected chi connectivity index (χ4v) is 10.7. The number of piperazine rings is 1. The molecule has 8 rings (SSSR count). The number of hydrogen-bond donors (Lipinski definition) is 2. The van der Waals surface area contributed by atoms with Gasteiger partial charge in [-0.2, -0.15) is 0 Å². The topological polar surface area (TPSA) is 134 Å². The first-order valence-electron chi connectivity index (χ1n) is 22.0. The normalized spacial score (nSPS) is 20.4. The van der Waals surface area contributed by atoms with E-state index in [1.54, 1.807) is 12.3 Å². The SMILES string of the molecule is CC1(C)CCC(CN2CCN(c3ccc(C(=O)NS(=O)(=O)c4cnc(OCC5CCC(C(C)(C)O)CC5)c(Cl)c4)c(Oc4cccc5c4C=NC5)c3)CC2)=C(c2ccc(Cl)cc2)C1. The van der Waals surface area contributed by atoms with E-state index >= 15 is 0 Å². The van der Waals surface area contributed by atoms with Crippen LogP contribution in [0.25, 0.3) is 5.57 Å². The number of anilines is 1. The van der Waals surface area contributed by atoms with Gasteiger partial charge in [0.2, 0.25) is 5.88 Å². The average molecular weight is 915 g/mol. The van der Waals surface area contributed by atoms with Gasteiger partial charge in [-0.15, -0.1) is 0 Å². The number of carbonyl (C=O) groups excluding carboxylic acids is 1. The van der Waals surface area contributed by atoms with Crippen molar-refractivity contribution in [1.82, 2.24) is 14.6 Å². The number of pyridine rings is 1. The minimum absolute atomic E-state index is 0.0185. The summed E-state index contributed by atoms with van der Waals surface area (Å²) in [5.41, 5.74) is 6.42. The van der Waals surface area contributed by atoms with Gasteiger partial charge in [0.15, 0.2) is 0 Å². The number of fused-ring (bicyclic) bond motifs is 1. The predicted molar refractivity (Wildman–Crippen MR) is 250 cm³/mol. The highest BCUT2D eigenvalue weighted by atomic mass is 35.5. The molecule has 1 aromatic heterocycles. The fourth-order valence-electron chi connectivity index (χ4n) is 9.32. The molecule has 2 N–H and O–H groups in total. The number of carbonyl (C=O) groups is 1. The molecule has 4 aliphatic rings. The summed E-state index contributed by atoms with van der Waals surface area (Å²) in [6.45, 7) is 13.4. The number of aromatic nitrogens is 1. The summed E-state index contributed by atoms with van der Waals surface area (Å²) < 4.78 is 42.0. The van der Waals surface area contributed by atoms with Gasteiger partial charge in [-0.05, 0) is 129 Å². The Labute approximate surface area is 381 Å². The Hall–Kier alpha value is -4.46. The monoisotopic (exact) mass is 913 g/mol. The van der Waals surface area contributed by atoms with Crippen LogP contribution in [0.5, 0.6) is 17.4 Å². The van der Waals surface area contributed by atoms with Gasteiger partial charge in [-0.3, -0.25) is 14.7 Å². The quantitative estimate of drug-likeness (QED) is 0.135. The van der Waals surface area contributed by atoms with Crippen LogP contribution in [0.1, 0.15) is 99.7 Å². The molecular formula is C49H57Cl2N5O6S. The van der Waals surface area contributed by atoms with Crippen LogP contribution in [-0.4, -0.2) is 80.5 Å². The zero-order chi connectivity index (χ0) is 44.5. The van der Waals surface area contributed by atoms with E-state index in [1.165, 1.54) is 22.8 Å². The lowest BCUT2D eigenvalue weighted by Gasteiger charge is -2.39. The Morgan fingerprint density at radius 1 is 0.968 bits per heavy atom. The molecule has 2 fully saturated rings. The van der Waals surface area contributed by atoms with E-state index in [-0.39, 0.29) is 44.4 Å². The maximum absolute atomic E-state index is 14.0. The van der Waals surface area contributed by atoms with Crippen LogP contribution in [0, 0.1) is 17.3 Å². The van der Waals surface area contributed by atoms with Crippen molar-refractivity contribution in [1.29, 1.82) is 0 Å². The van der Waals surface area contributed by atoms with Crippen LogP contribution < -0.4 is 19.1 Å². The summed E-state index contributed by atoms with van der Waals surface area (Å²) >= 11 is 12.8. The maximum Gasteiger partial charge on any atom is 0.268 e. The number of hydrogen-bond acceptors (Lipinski definition) is 10. The van der Waals surface area contributed by atoms with Gasteiger partial charge in [0, 0.05) is 61.3 Å². The van der Waals surface area contributed by atoms with Gasteiger partial charge in [-0.25, -0.2) is 18.1 Å². The van der Waals surface area contributed by atoms with E-state index in [1.807, 2.05) is 56.3 Å². The number of ether oxygens (including phenoxy) is 2. The molecule has 2 aliphatic heterocycles. The molecule has 1 saturated carbocycles. The van der Waals surface area contributed by atoms with Crippen molar-refractivity contribution in [2.45, 2.75) is 89.7 Å². The number of aliphatic imine (C=N–C) groups is 1. The van der Waals surface area contributed by atoms with Gasteiger partial charge in [0.25, 0.3) is 15.9 Å². The number of aliphatic hydroxyl groups is 1. The highest BCUT2D eigenvalue weighted by Gasteiger charge is 2.33. The van der Waals surface area contributed by atoms with Crippen molar-refractivity contribution >= 4 is 56.6 Å². The van der Waals surface area contributed by atoms with Crippen molar-refractivity contribution in [2.24, 2.45) is 22.2 Å². The van der Waals surface area contributed by atoms with Crippen molar-refractivity contribution in [2.75, 3.05) is 44.2 Å². The van der Waals surface area contributed by atoms with Crippen molar-refractivity contribution in [3.8, 4) is 17.4 Å². The third kappa shape index (κ3) is 10.7. The molecule has 2 aliphatic carbocycles. The van der Waals surface area contributed by atoms with Crippen LogP contribution in [-0.2, 0) is 16.6 Å². The van der Waals surface area contributed by atoms with Gasteiger partial charge in [-0.1, -0.05) is 66.9 Å². The molecule has 0 unspecified atom stereocenters. The van der Waals surface area contributed by atoms with E-state index in [4.69, 9.17) is 32.7 Å². The van der Waals surface area contributed by atoms with E-state index in [0.29, 0.717) is 18.9 Å². The molecule has 63 heavy (non-hydrogen) atoms. The standard InChI is InChI=1S/C49H57Cl2N5O6S/c1-48(2)19-18-35(41(26-48)33-10-14-37(50)15-11-33)30-55-20-22-56(23-21-55)38-16-17-40(45(24-38)62-44-7-5-6-34-27-52-29-42(34)44)46(57)54-63(59,60)39-25-43(51)47(53-28-39)61-31-32-8-12-36(13-9-32)49(3,4)58/h5-7,10-11,14-17,24-25,28-29,32,36,58H,8-9,12-13,18-23,26-27,30-31H2,1-4H3,(H,54,57). The first kappa shape index (κ1) is 45.1. The number of allylic oxidation sites excluding steroid dienone is 1. The van der Waals surface area contributed by atoms with Crippen LogP contribution in [0.4, 0.5) is 5.69 Å². The second kappa shape index (κ2) is 18.6. The second-order valence-electron chi connectivity index (χ2n) is 18.8. The molecule has 3 heterocycles. The Kier molecular flexibility index (Phi) is 13.3. The van der Waals surface area contributed by atoms with E-state index in [2.05, 4.69) is 50.5 Å². The average Bonchev–Trinajstić information content (AvgIpc) is 3.74. The van der Waals surface area contributed by atoms with E-state index < -0.39 is 21.5 Å². The van der Waals surface area contributed by atoms with Crippen molar-refractivity contribution < 1.29 is 27.8 Å². The summed E-state index contributed by atoms with van der Waals surface area (Å²) in [4.78, 5) is 27.1. The largest absolute Gasteiger partial charge is 0.476 e. The number of amides is 1. The second-order valence-corrected chi connectivity index (χ2v) is 21.4. The lowest BCUT2D eigenvalue weighted by Crippen LogP contribution is -2.47. The van der Waals surface area contributed by atoms with E-state index in [9.17, 15) is 18.3 Å². The zero-order valence-electron chi connectivity index (χ0n) is 36.5. The maximum atomic E-state index is 14.0. The third-order valence-electron chi connectivity index (χ3n) is 13.2. The Morgan fingerprint density at radius 3 is 2.43 bits per heavy atom. The number of sulfonamides is 1. The number of nitrogens with one attached hydrogen (secondary N) is 1.